The molecule has 1 aromatic rings. The molecule has 0 unspecified atom stereocenters. The molecular formula is C14H18N2O4. The fourth-order valence-corrected chi connectivity index (χ4v) is 2.67. The minimum Gasteiger partial charge on any atom is -0.481 e. The third kappa shape index (κ3) is 3.46. The van der Waals surface area contributed by atoms with Gasteiger partial charge in [-0.3, -0.25) is 14.9 Å². The van der Waals surface area contributed by atoms with Gasteiger partial charge in [0, 0.05) is 37.3 Å². The fraction of sp³-hybridized carbons (Fsp3) is 0.500. The van der Waals surface area contributed by atoms with E-state index in [0.717, 1.165) is 37.2 Å². The van der Waals surface area contributed by atoms with Crippen LogP contribution in [0.3, 0.4) is 0 Å². The molecule has 1 saturated heterocycles. The molecule has 0 aliphatic carbocycles. The normalized spacial score (nSPS) is 16.1. The van der Waals surface area contributed by atoms with Crippen molar-refractivity contribution in [2.75, 3.05) is 18.0 Å². The number of carboxylic acids is 1. The molecule has 2 rings (SSSR count). The third-order valence-electron chi connectivity index (χ3n) is 3.70. The Labute approximate surface area is 117 Å². The van der Waals surface area contributed by atoms with Crippen LogP contribution in [0.15, 0.2) is 18.2 Å². The molecule has 0 bridgehead atoms. The predicted molar refractivity (Wildman–Crippen MR) is 75.0 cm³/mol. The van der Waals surface area contributed by atoms with Crippen LogP contribution < -0.4 is 4.90 Å². The molecule has 0 amide bonds. The summed E-state index contributed by atoms with van der Waals surface area (Å²) in [5, 5.41) is 19.7. The van der Waals surface area contributed by atoms with Gasteiger partial charge in [-0.2, -0.15) is 0 Å². The van der Waals surface area contributed by atoms with Gasteiger partial charge in [-0.1, -0.05) is 0 Å². The van der Waals surface area contributed by atoms with Gasteiger partial charge in [0.2, 0.25) is 0 Å². The molecule has 1 aliphatic heterocycles. The summed E-state index contributed by atoms with van der Waals surface area (Å²) >= 11 is 0. The highest BCUT2D eigenvalue weighted by Gasteiger charge is 2.22. The van der Waals surface area contributed by atoms with Gasteiger partial charge < -0.3 is 10.0 Å². The number of piperidine rings is 1. The lowest BCUT2D eigenvalue weighted by atomic mass is 9.93. The molecular weight excluding hydrogens is 260 g/mol. The Morgan fingerprint density at radius 3 is 2.60 bits per heavy atom. The molecule has 0 spiro atoms. The zero-order valence-corrected chi connectivity index (χ0v) is 11.4. The first kappa shape index (κ1) is 14.3. The van der Waals surface area contributed by atoms with Crippen LogP contribution in [-0.4, -0.2) is 29.1 Å². The number of carboxylic acid groups (broad SMARTS) is 1. The minimum absolute atomic E-state index is 0.104. The molecule has 0 saturated carbocycles. The first-order chi connectivity index (χ1) is 9.45. The lowest BCUT2D eigenvalue weighted by molar-refractivity contribution is -0.384. The van der Waals surface area contributed by atoms with Crippen molar-refractivity contribution < 1.29 is 14.8 Å². The second kappa shape index (κ2) is 5.90. The number of aliphatic carboxylic acids is 1. The summed E-state index contributed by atoms with van der Waals surface area (Å²) in [6, 6.07) is 5.08. The average molecular weight is 278 g/mol. The van der Waals surface area contributed by atoms with Crippen LogP contribution in [0.2, 0.25) is 0 Å². The Bertz CT molecular complexity index is 522. The van der Waals surface area contributed by atoms with Crippen molar-refractivity contribution in [2.45, 2.75) is 26.2 Å². The van der Waals surface area contributed by atoms with Gasteiger partial charge in [0.15, 0.2) is 0 Å². The summed E-state index contributed by atoms with van der Waals surface area (Å²) in [5.74, 6) is -0.543. The Kier molecular flexibility index (Phi) is 4.22. The number of carbonyl (C=O) groups is 1. The third-order valence-corrected chi connectivity index (χ3v) is 3.70. The molecule has 6 nitrogen and oxygen atoms in total. The van der Waals surface area contributed by atoms with E-state index in [1.807, 2.05) is 13.0 Å². The largest absolute Gasteiger partial charge is 0.481 e. The van der Waals surface area contributed by atoms with Crippen molar-refractivity contribution >= 4 is 17.3 Å². The molecule has 1 fully saturated rings. The molecule has 1 N–H and O–H groups in total. The van der Waals surface area contributed by atoms with Crippen molar-refractivity contribution in [1.82, 2.24) is 0 Å². The quantitative estimate of drug-likeness (QED) is 0.676. The van der Waals surface area contributed by atoms with Crippen LogP contribution in [-0.2, 0) is 4.79 Å². The molecule has 1 aliphatic rings. The highest BCUT2D eigenvalue weighted by Crippen LogP contribution is 2.28. The van der Waals surface area contributed by atoms with Gasteiger partial charge in [-0.15, -0.1) is 0 Å². The fourth-order valence-electron chi connectivity index (χ4n) is 2.67. The molecule has 0 radical (unpaired) electrons. The number of nitro benzene ring substituents is 1. The number of nitrogens with zero attached hydrogens (tertiary/aromatic N) is 2. The van der Waals surface area contributed by atoms with E-state index in [9.17, 15) is 14.9 Å². The van der Waals surface area contributed by atoms with Crippen LogP contribution in [0, 0.1) is 23.0 Å². The maximum atomic E-state index is 10.9. The second-order valence-corrected chi connectivity index (χ2v) is 5.31. The zero-order valence-electron chi connectivity index (χ0n) is 11.4. The SMILES string of the molecule is Cc1cc(N2CCC(CC(=O)O)CC2)cc([N+](=O)[O-])c1. The van der Waals surface area contributed by atoms with Crippen molar-refractivity contribution in [2.24, 2.45) is 5.92 Å². The summed E-state index contributed by atoms with van der Waals surface area (Å²) in [7, 11) is 0. The average Bonchev–Trinajstić information content (AvgIpc) is 2.38. The minimum atomic E-state index is -0.755. The molecule has 1 aromatic carbocycles. The van der Waals surface area contributed by atoms with Crippen LogP contribution in [0.25, 0.3) is 0 Å². The Morgan fingerprint density at radius 1 is 1.40 bits per heavy atom. The van der Waals surface area contributed by atoms with Crippen molar-refractivity contribution in [1.29, 1.82) is 0 Å². The number of hydrogen-bond acceptors (Lipinski definition) is 4. The van der Waals surface area contributed by atoms with Gasteiger partial charge >= 0.3 is 5.97 Å². The number of anilines is 1. The molecule has 0 aromatic heterocycles. The molecule has 1 heterocycles. The van der Waals surface area contributed by atoms with E-state index in [1.165, 1.54) is 0 Å². The topological polar surface area (TPSA) is 83.7 Å². The maximum Gasteiger partial charge on any atom is 0.303 e. The lowest BCUT2D eigenvalue weighted by Crippen LogP contribution is -2.34. The van der Waals surface area contributed by atoms with E-state index in [-0.39, 0.29) is 22.9 Å². The molecule has 108 valence electrons. The summed E-state index contributed by atoms with van der Waals surface area (Å²) in [6.07, 6.45) is 1.84. The first-order valence-corrected chi connectivity index (χ1v) is 6.68. The number of hydrogen-bond donors (Lipinski definition) is 1. The molecule has 0 atom stereocenters. The van der Waals surface area contributed by atoms with Gasteiger partial charge in [0.25, 0.3) is 5.69 Å². The highest BCUT2D eigenvalue weighted by atomic mass is 16.6. The van der Waals surface area contributed by atoms with Gasteiger partial charge in [-0.05, 0) is 37.3 Å². The number of benzene rings is 1. The summed E-state index contributed by atoms with van der Waals surface area (Å²) < 4.78 is 0. The molecule has 20 heavy (non-hydrogen) atoms. The maximum absolute atomic E-state index is 10.9. The summed E-state index contributed by atoms with van der Waals surface area (Å²) in [6.45, 7) is 3.34. The van der Waals surface area contributed by atoms with Crippen LogP contribution >= 0.6 is 0 Å². The standard InChI is InChI=1S/C14H18N2O4/c1-10-6-12(9-13(7-10)16(19)20)15-4-2-11(3-5-15)8-14(17)18/h6-7,9,11H,2-5,8H2,1H3,(H,17,18). The van der Waals surface area contributed by atoms with E-state index in [1.54, 1.807) is 12.1 Å². The van der Waals surface area contributed by atoms with Crippen molar-refractivity contribution in [3.8, 4) is 0 Å². The molecule has 6 heteroatoms. The van der Waals surface area contributed by atoms with Crippen LogP contribution in [0.4, 0.5) is 11.4 Å². The van der Waals surface area contributed by atoms with E-state index in [0.29, 0.717) is 0 Å². The predicted octanol–water partition coefficient (Wildman–Crippen LogP) is 2.59. The Hall–Kier alpha value is -2.11. The number of rotatable bonds is 4. The van der Waals surface area contributed by atoms with Gasteiger partial charge in [0.05, 0.1) is 4.92 Å². The van der Waals surface area contributed by atoms with Crippen LogP contribution in [0.5, 0.6) is 0 Å². The highest BCUT2D eigenvalue weighted by molar-refractivity contribution is 5.67. The van der Waals surface area contributed by atoms with E-state index in [4.69, 9.17) is 5.11 Å². The lowest BCUT2D eigenvalue weighted by Gasteiger charge is -2.33. The summed E-state index contributed by atoms with van der Waals surface area (Å²) in [4.78, 5) is 23.3. The zero-order chi connectivity index (χ0) is 14.7. The number of aryl methyl sites for hydroxylation is 1. The van der Waals surface area contributed by atoms with Crippen molar-refractivity contribution in [3.63, 3.8) is 0 Å². The summed E-state index contributed by atoms with van der Waals surface area (Å²) in [5.41, 5.74) is 1.82. The number of non-ortho nitro benzene ring substituents is 1. The van der Waals surface area contributed by atoms with Crippen molar-refractivity contribution in [3.05, 3.63) is 33.9 Å². The van der Waals surface area contributed by atoms with Gasteiger partial charge in [-0.25, -0.2) is 0 Å². The van der Waals surface area contributed by atoms with E-state index < -0.39 is 5.97 Å². The monoisotopic (exact) mass is 278 g/mol. The Balaban J connectivity index is 2.07. The second-order valence-electron chi connectivity index (χ2n) is 5.31. The Morgan fingerprint density at radius 2 is 2.05 bits per heavy atom. The first-order valence-electron chi connectivity index (χ1n) is 6.68. The van der Waals surface area contributed by atoms with E-state index >= 15 is 0 Å². The van der Waals surface area contributed by atoms with Crippen LogP contribution in [0.1, 0.15) is 24.8 Å². The van der Waals surface area contributed by atoms with Gasteiger partial charge in [0.1, 0.15) is 0 Å². The smallest absolute Gasteiger partial charge is 0.303 e. The number of nitro groups is 1. The van der Waals surface area contributed by atoms with E-state index in [2.05, 4.69) is 4.90 Å².